The summed E-state index contributed by atoms with van der Waals surface area (Å²) in [6, 6.07) is 6.70. The number of thioether (sulfide) groups is 1. The normalized spacial score (nSPS) is 15.7. The number of carbonyl (C=O) groups is 5. The van der Waals surface area contributed by atoms with Gasteiger partial charge in [-0.15, -0.1) is 0 Å². The number of anilines is 1. The van der Waals surface area contributed by atoms with Crippen LogP contribution in [0.3, 0.4) is 0 Å². The molecule has 3 N–H and O–H groups in total. The zero-order valence-corrected chi connectivity index (χ0v) is 17.9. The number of aromatic nitrogens is 1. The van der Waals surface area contributed by atoms with Crippen molar-refractivity contribution in [3.8, 4) is 0 Å². The largest absolute Gasteiger partial charge is 0.416 e. The Morgan fingerprint density at radius 2 is 1.74 bits per heavy atom. The van der Waals surface area contributed by atoms with E-state index in [2.05, 4.69) is 21.2 Å². The minimum Gasteiger partial charge on any atom is -0.325 e. The van der Waals surface area contributed by atoms with Crippen molar-refractivity contribution in [2.45, 2.75) is 17.8 Å². The molecule has 10 nitrogen and oxygen atoms in total. The van der Waals surface area contributed by atoms with Crippen molar-refractivity contribution in [3.63, 3.8) is 0 Å². The molecule has 2 aromatic rings. The van der Waals surface area contributed by atoms with Crippen LogP contribution >= 0.6 is 11.8 Å². The lowest BCUT2D eigenvalue weighted by molar-refractivity contribution is -0.137. The number of nitrogens with zero attached hydrogens (tertiary/aromatic N) is 2. The lowest BCUT2D eigenvalue weighted by atomic mass is 10.2. The summed E-state index contributed by atoms with van der Waals surface area (Å²) in [6.07, 6.45) is -2.30. The molecule has 1 atom stereocenters. The number of alkyl halides is 3. The molecule has 1 aliphatic heterocycles. The summed E-state index contributed by atoms with van der Waals surface area (Å²) >= 11 is 0.522. The Morgan fingerprint density at radius 1 is 1.03 bits per heavy atom. The quantitative estimate of drug-likeness (QED) is 0.521. The third-order valence-corrected chi connectivity index (χ3v) is 5.48. The standard InChI is InChI=1S/C20H16F3N5O5S/c21-20(22,23)12-2-1-3-13(8-12)25-16(30)10-28-18(32)14(34-19(28)33)9-15(29)26-27-17(31)11-4-6-24-7-5-11/h1-8,14H,9-10H2,(H,25,30)(H,26,29)(H,27,31)/t14-/m0/s1. The van der Waals surface area contributed by atoms with Crippen LogP contribution in [0.5, 0.6) is 0 Å². The Kier molecular flexibility index (Phi) is 7.50. The molecule has 178 valence electrons. The Bertz CT molecular complexity index is 1130. The van der Waals surface area contributed by atoms with Crippen LogP contribution in [-0.2, 0) is 20.6 Å². The van der Waals surface area contributed by atoms with Crippen LogP contribution in [0.4, 0.5) is 23.7 Å². The number of hydrazine groups is 1. The smallest absolute Gasteiger partial charge is 0.325 e. The number of benzene rings is 1. The van der Waals surface area contributed by atoms with E-state index in [4.69, 9.17) is 0 Å². The lowest BCUT2D eigenvalue weighted by Crippen LogP contribution is -2.44. The summed E-state index contributed by atoms with van der Waals surface area (Å²) in [4.78, 5) is 65.1. The van der Waals surface area contributed by atoms with Crippen LogP contribution in [0.15, 0.2) is 48.8 Å². The van der Waals surface area contributed by atoms with Gasteiger partial charge in [-0.05, 0) is 30.3 Å². The number of hydrogen-bond acceptors (Lipinski definition) is 7. The Hall–Kier alpha value is -3.94. The van der Waals surface area contributed by atoms with Crippen molar-refractivity contribution < 1.29 is 37.1 Å². The zero-order valence-electron chi connectivity index (χ0n) is 17.1. The van der Waals surface area contributed by atoms with Gasteiger partial charge in [0.05, 0.1) is 5.56 Å². The van der Waals surface area contributed by atoms with Gasteiger partial charge in [0.25, 0.3) is 11.1 Å². The molecule has 3 rings (SSSR count). The fourth-order valence-corrected chi connectivity index (χ4v) is 3.80. The SMILES string of the molecule is O=C(C[C@@H]1SC(=O)N(CC(=O)Nc2cccc(C(F)(F)F)c2)C1=O)NNC(=O)c1ccncc1. The topological polar surface area (TPSA) is 138 Å². The number of hydrogen-bond donors (Lipinski definition) is 3. The summed E-state index contributed by atoms with van der Waals surface area (Å²) < 4.78 is 38.4. The van der Waals surface area contributed by atoms with Gasteiger partial charge in [0.1, 0.15) is 11.8 Å². The average Bonchev–Trinajstić information content (AvgIpc) is 3.04. The van der Waals surface area contributed by atoms with Gasteiger partial charge in [-0.25, -0.2) is 0 Å². The van der Waals surface area contributed by atoms with E-state index in [0.29, 0.717) is 22.7 Å². The van der Waals surface area contributed by atoms with E-state index >= 15 is 0 Å². The molecule has 1 aromatic heterocycles. The van der Waals surface area contributed by atoms with Gasteiger partial charge in [0.2, 0.25) is 17.7 Å². The van der Waals surface area contributed by atoms with Gasteiger partial charge in [-0.1, -0.05) is 17.8 Å². The zero-order chi connectivity index (χ0) is 24.9. The molecule has 1 aliphatic rings. The summed E-state index contributed by atoms with van der Waals surface area (Å²) in [5.41, 5.74) is 3.37. The number of rotatable bonds is 6. The maximum Gasteiger partial charge on any atom is 0.416 e. The predicted molar refractivity (Wildman–Crippen MR) is 113 cm³/mol. The van der Waals surface area contributed by atoms with Gasteiger partial charge < -0.3 is 5.32 Å². The van der Waals surface area contributed by atoms with E-state index in [1.165, 1.54) is 30.6 Å². The summed E-state index contributed by atoms with van der Waals surface area (Å²) in [5.74, 6) is -3.08. The Labute approximate surface area is 194 Å². The van der Waals surface area contributed by atoms with Gasteiger partial charge in [0, 0.05) is 30.1 Å². The van der Waals surface area contributed by atoms with Crippen molar-refractivity contribution in [1.82, 2.24) is 20.7 Å². The Balaban J connectivity index is 1.51. The molecular weight excluding hydrogens is 479 g/mol. The predicted octanol–water partition coefficient (Wildman–Crippen LogP) is 1.95. The maximum atomic E-state index is 12.8. The minimum absolute atomic E-state index is 0.160. The Morgan fingerprint density at radius 3 is 2.41 bits per heavy atom. The summed E-state index contributed by atoms with van der Waals surface area (Å²) in [6.45, 7) is -0.738. The third kappa shape index (κ3) is 6.31. The van der Waals surface area contributed by atoms with Crippen LogP contribution in [0.1, 0.15) is 22.3 Å². The van der Waals surface area contributed by atoms with Gasteiger partial charge in [-0.2, -0.15) is 13.2 Å². The first-order valence-corrected chi connectivity index (χ1v) is 10.4. The molecule has 5 amide bonds. The van der Waals surface area contributed by atoms with Crippen LogP contribution < -0.4 is 16.2 Å². The average molecular weight is 495 g/mol. The molecule has 14 heteroatoms. The highest BCUT2D eigenvalue weighted by molar-refractivity contribution is 8.15. The molecule has 0 saturated carbocycles. The molecular formula is C20H16F3N5O5S. The second-order valence-corrected chi connectivity index (χ2v) is 8.02. The van der Waals surface area contributed by atoms with E-state index in [9.17, 15) is 37.1 Å². The van der Waals surface area contributed by atoms with E-state index in [0.717, 1.165) is 12.1 Å². The molecule has 0 spiro atoms. The molecule has 0 unspecified atom stereocenters. The molecule has 1 saturated heterocycles. The van der Waals surface area contributed by atoms with Crippen molar-refractivity contribution in [1.29, 1.82) is 0 Å². The van der Waals surface area contributed by atoms with E-state index in [1.807, 2.05) is 0 Å². The second kappa shape index (κ2) is 10.3. The number of pyridine rings is 1. The van der Waals surface area contributed by atoms with Crippen LogP contribution in [0, 0.1) is 0 Å². The van der Waals surface area contributed by atoms with Gasteiger partial charge in [-0.3, -0.25) is 44.7 Å². The van der Waals surface area contributed by atoms with E-state index < -0.39 is 58.8 Å². The first-order valence-electron chi connectivity index (χ1n) is 9.53. The molecule has 0 bridgehead atoms. The van der Waals surface area contributed by atoms with E-state index in [1.54, 1.807) is 0 Å². The second-order valence-electron chi connectivity index (χ2n) is 6.87. The highest BCUT2D eigenvalue weighted by Gasteiger charge is 2.41. The molecule has 34 heavy (non-hydrogen) atoms. The fourth-order valence-electron chi connectivity index (χ4n) is 2.81. The molecule has 1 fully saturated rings. The molecule has 1 aromatic carbocycles. The highest BCUT2D eigenvalue weighted by Crippen LogP contribution is 2.31. The number of carbonyl (C=O) groups excluding carboxylic acids is 5. The minimum atomic E-state index is -4.61. The molecule has 0 aliphatic carbocycles. The highest BCUT2D eigenvalue weighted by atomic mass is 32.2. The number of nitrogens with one attached hydrogen (secondary N) is 3. The maximum absolute atomic E-state index is 12.8. The van der Waals surface area contributed by atoms with Crippen LogP contribution in [-0.4, -0.2) is 50.5 Å². The summed E-state index contributed by atoms with van der Waals surface area (Å²) in [5, 5.41) is 0.279. The molecule has 0 radical (unpaired) electrons. The van der Waals surface area contributed by atoms with E-state index in [-0.39, 0.29) is 11.3 Å². The van der Waals surface area contributed by atoms with Gasteiger partial charge >= 0.3 is 6.18 Å². The van der Waals surface area contributed by atoms with Crippen molar-refractivity contribution in [3.05, 3.63) is 59.9 Å². The van der Waals surface area contributed by atoms with Gasteiger partial charge in [0.15, 0.2) is 0 Å². The third-order valence-electron chi connectivity index (χ3n) is 4.41. The lowest BCUT2D eigenvalue weighted by Gasteiger charge is -2.14. The van der Waals surface area contributed by atoms with Crippen molar-refractivity contribution in [2.75, 3.05) is 11.9 Å². The fraction of sp³-hybridized carbons (Fsp3) is 0.200. The summed E-state index contributed by atoms with van der Waals surface area (Å²) in [7, 11) is 0. The first kappa shape index (κ1) is 24.7. The number of amides is 5. The molecule has 2 heterocycles. The van der Waals surface area contributed by atoms with Crippen LogP contribution in [0.2, 0.25) is 0 Å². The van der Waals surface area contributed by atoms with Crippen molar-refractivity contribution >= 4 is 46.3 Å². The number of imide groups is 1. The number of halogens is 3. The monoisotopic (exact) mass is 495 g/mol. The first-order chi connectivity index (χ1) is 16.0. The van der Waals surface area contributed by atoms with Crippen LogP contribution in [0.25, 0.3) is 0 Å². The van der Waals surface area contributed by atoms with Crippen molar-refractivity contribution in [2.24, 2.45) is 0 Å².